The molecule has 1 rings (SSSR count). The first-order chi connectivity index (χ1) is 8.93. The molecule has 1 fully saturated rings. The number of carbonyl (C=O) groups is 1. The van der Waals surface area contributed by atoms with E-state index >= 15 is 0 Å². The van der Waals surface area contributed by atoms with E-state index in [9.17, 15) is 18.0 Å². The molecule has 0 unspecified atom stereocenters. The number of rotatable bonds is 6. The molecule has 8 heteroatoms. The summed E-state index contributed by atoms with van der Waals surface area (Å²) in [5, 5.41) is 10.6. The molecule has 5 nitrogen and oxygen atoms in total. The van der Waals surface area contributed by atoms with Crippen molar-refractivity contribution < 1.29 is 23.1 Å². The lowest BCUT2D eigenvalue weighted by Crippen LogP contribution is -2.47. The van der Waals surface area contributed by atoms with Crippen LogP contribution in [-0.4, -0.2) is 79.4 Å². The Labute approximate surface area is 110 Å². The van der Waals surface area contributed by atoms with Crippen LogP contribution in [0.5, 0.6) is 0 Å². The van der Waals surface area contributed by atoms with Gasteiger partial charge in [0.15, 0.2) is 0 Å². The van der Waals surface area contributed by atoms with Crippen molar-refractivity contribution in [3.63, 3.8) is 0 Å². The fraction of sp³-hybridized carbons (Fsp3) is 0.909. The van der Waals surface area contributed by atoms with E-state index in [-0.39, 0.29) is 13.2 Å². The molecule has 0 bridgehead atoms. The van der Waals surface area contributed by atoms with Gasteiger partial charge >= 0.3 is 12.1 Å². The van der Waals surface area contributed by atoms with E-state index in [1.807, 2.05) is 5.32 Å². The first-order valence-corrected chi connectivity index (χ1v) is 6.34. The molecule has 19 heavy (non-hydrogen) atoms. The Morgan fingerprint density at radius 2 is 1.63 bits per heavy atom. The summed E-state index contributed by atoms with van der Waals surface area (Å²) in [7, 11) is 0. The van der Waals surface area contributed by atoms with E-state index in [0.717, 1.165) is 26.2 Å². The first kappa shape index (κ1) is 16.2. The summed E-state index contributed by atoms with van der Waals surface area (Å²) in [6.07, 6.45) is -4.29. The number of alkyl halides is 3. The number of aliphatic hydroxyl groups is 1. The maximum atomic E-state index is 11.9. The molecule has 1 heterocycles. The monoisotopic (exact) mass is 283 g/mol. The molecule has 0 radical (unpaired) electrons. The van der Waals surface area contributed by atoms with E-state index < -0.39 is 12.1 Å². The second-order valence-corrected chi connectivity index (χ2v) is 4.51. The molecule has 0 aromatic heterocycles. The summed E-state index contributed by atoms with van der Waals surface area (Å²) in [6.45, 7) is 4.91. The average Bonchev–Trinajstić information content (AvgIpc) is 2.35. The zero-order valence-corrected chi connectivity index (χ0v) is 10.7. The molecule has 112 valence electrons. The number of amides is 1. The van der Waals surface area contributed by atoms with Crippen LogP contribution in [0.25, 0.3) is 0 Å². The molecule has 2 N–H and O–H groups in total. The molecule has 1 aliphatic heterocycles. The Hall–Kier alpha value is -0.860. The third-order valence-corrected chi connectivity index (χ3v) is 3.08. The van der Waals surface area contributed by atoms with Gasteiger partial charge in [-0.05, 0) is 13.0 Å². The smallest absolute Gasteiger partial charge is 0.395 e. The van der Waals surface area contributed by atoms with Crippen LogP contribution < -0.4 is 5.32 Å². The number of halogens is 3. The fourth-order valence-electron chi connectivity index (χ4n) is 1.98. The van der Waals surface area contributed by atoms with E-state index in [0.29, 0.717) is 19.5 Å². The standard InChI is InChI=1S/C11H20F3N3O2/c12-11(13,14)10(19)15-2-1-3-16-4-6-17(7-5-16)8-9-18/h18H,1-9H2,(H,15,19). The SMILES string of the molecule is O=C(NCCCN1CCN(CCO)CC1)C(F)(F)F. The van der Waals surface area contributed by atoms with Crippen molar-refractivity contribution >= 4 is 5.91 Å². The van der Waals surface area contributed by atoms with Gasteiger partial charge in [-0.25, -0.2) is 0 Å². The van der Waals surface area contributed by atoms with Gasteiger partial charge in [0.2, 0.25) is 0 Å². The Morgan fingerprint density at radius 1 is 1.11 bits per heavy atom. The lowest BCUT2D eigenvalue weighted by Gasteiger charge is -2.34. The highest BCUT2D eigenvalue weighted by molar-refractivity contribution is 5.81. The predicted octanol–water partition coefficient (Wildman–Crippen LogP) is -0.335. The van der Waals surface area contributed by atoms with E-state index in [4.69, 9.17) is 5.11 Å². The minimum Gasteiger partial charge on any atom is -0.395 e. The number of aliphatic hydroxyl groups excluding tert-OH is 1. The van der Waals surface area contributed by atoms with Crippen molar-refractivity contribution in [2.24, 2.45) is 0 Å². The number of β-amino-alcohol motifs (C(OH)–C–C–N with tert-alkyl or cyclic N) is 1. The van der Waals surface area contributed by atoms with Gasteiger partial charge in [-0.2, -0.15) is 13.2 Å². The summed E-state index contributed by atoms with van der Waals surface area (Å²) >= 11 is 0. The van der Waals surface area contributed by atoms with E-state index in [1.165, 1.54) is 0 Å². The molecule has 1 aliphatic rings. The van der Waals surface area contributed by atoms with Crippen LogP contribution in [-0.2, 0) is 4.79 Å². The quantitative estimate of drug-likeness (QED) is 0.655. The lowest BCUT2D eigenvalue weighted by atomic mass is 10.3. The second kappa shape index (κ2) is 7.66. The maximum absolute atomic E-state index is 11.9. The van der Waals surface area contributed by atoms with Gasteiger partial charge < -0.3 is 15.3 Å². The molecule has 1 amide bonds. The zero-order chi connectivity index (χ0) is 14.3. The molecule has 0 aromatic rings. The highest BCUT2D eigenvalue weighted by atomic mass is 19.4. The summed E-state index contributed by atoms with van der Waals surface area (Å²) in [4.78, 5) is 14.8. The summed E-state index contributed by atoms with van der Waals surface area (Å²) in [5.41, 5.74) is 0. The molecule has 0 spiro atoms. The van der Waals surface area contributed by atoms with Crippen molar-refractivity contribution in [3.05, 3.63) is 0 Å². The van der Waals surface area contributed by atoms with Crippen LogP contribution in [0.2, 0.25) is 0 Å². The normalized spacial score (nSPS) is 18.5. The molecule has 1 saturated heterocycles. The van der Waals surface area contributed by atoms with Gasteiger partial charge in [-0.3, -0.25) is 9.69 Å². The van der Waals surface area contributed by atoms with Crippen molar-refractivity contribution in [2.45, 2.75) is 12.6 Å². The number of carbonyl (C=O) groups excluding carboxylic acids is 1. The summed E-state index contributed by atoms with van der Waals surface area (Å²) in [6, 6.07) is 0. The van der Waals surface area contributed by atoms with Crippen LogP contribution in [0.3, 0.4) is 0 Å². The van der Waals surface area contributed by atoms with E-state index in [1.54, 1.807) is 0 Å². The van der Waals surface area contributed by atoms with Gasteiger partial charge in [-0.1, -0.05) is 0 Å². The number of nitrogens with zero attached hydrogens (tertiary/aromatic N) is 2. The predicted molar refractivity (Wildman–Crippen MR) is 63.6 cm³/mol. The number of piperazine rings is 1. The lowest BCUT2D eigenvalue weighted by molar-refractivity contribution is -0.173. The van der Waals surface area contributed by atoms with Gasteiger partial charge in [-0.15, -0.1) is 0 Å². The molecule has 0 aromatic carbocycles. The third kappa shape index (κ3) is 6.22. The van der Waals surface area contributed by atoms with Crippen LogP contribution >= 0.6 is 0 Å². The number of nitrogens with one attached hydrogen (secondary N) is 1. The van der Waals surface area contributed by atoms with Gasteiger partial charge in [0.05, 0.1) is 6.61 Å². The van der Waals surface area contributed by atoms with Crippen LogP contribution in [0.1, 0.15) is 6.42 Å². The summed E-state index contributed by atoms with van der Waals surface area (Å²) in [5.74, 6) is -1.87. The van der Waals surface area contributed by atoms with Gasteiger partial charge in [0, 0.05) is 39.3 Å². The molecule has 0 atom stereocenters. The molecular formula is C11H20F3N3O2. The largest absolute Gasteiger partial charge is 0.471 e. The minimum absolute atomic E-state index is 0.0369. The van der Waals surface area contributed by atoms with Crippen molar-refractivity contribution in [2.75, 3.05) is 52.4 Å². The molecule has 0 saturated carbocycles. The van der Waals surface area contributed by atoms with Crippen LogP contribution in [0.4, 0.5) is 13.2 Å². The van der Waals surface area contributed by atoms with Gasteiger partial charge in [0.25, 0.3) is 0 Å². The van der Waals surface area contributed by atoms with Crippen LogP contribution in [0.15, 0.2) is 0 Å². The molecular weight excluding hydrogens is 263 g/mol. The van der Waals surface area contributed by atoms with Crippen molar-refractivity contribution in [1.82, 2.24) is 15.1 Å². The van der Waals surface area contributed by atoms with Crippen molar-refractivity contribution in [1.29, 1.82) is 0 Å². The summed E-state index contributed by atoms with van der Waals surface area (Å²) < 4.78 is 35.7. The van der Waals surface area contributed by atoms with E-state index in [2.05, 4.69) is 9.80 Å². The Morgan fingerprint density at radius 3 is 2.11 bits per heavy atom. The third-order valence-electron chi connectivity index (χ3n) is 3.08. The number of hydrogen-bond donors (Lipinski definition) is 2. The maximum Gasteiger partial charge on any atom is 0.471 e. The minimum atomic E-state index is -4.80. The highest BCUT2D eigenvalue weighted by Crippen LogP contribution is 2.13. The molecule has 0 aliphatic carbocycles. The Balaban J connectivity index is 2.07. The van der Waals surface area contributed by atoms with Gasteiger partial charge in [0.1, 0.15) is 0 Å². The number of hydrogen-bond acceptors (Lipinski definition) is 4. The Kier molecular flexibility index (Phi) is 6.53. The highest BCUT2D eigenvalue weighted by Gasteiger charge is 2.38. The first-order valence-electron chi connectivity index (χ1n) is 6.34. The zero-order valence-electron chi connectivity index (χ0n) is 10.7. The fourth-order valence-corrected chi connectivity index (χ4v) is 1.98. The van der Waals surface area contributed by atoms with Crippen LogP contribution in [0, 0.1) is 0 Å². The Bertz CT molecular complexity index is 279. The topological polar surface area (TPSA) is 55.8 Å². The second-order valence-electron chi connectivity index (χ2n) is 4.51. The van der Waals surface area contributed by atoms with Crippen molar-refractivity contribution in [3.8, 4) is 0 Å². The average molecular weight is 283 g/mol.